The Labute approximate surface area is 127 Å². The van der Waals surface area contributed by atoms with Gasteiger partial charge < -0.3 is 10.4 Å². The highest BCUT2D eigenvalue weighted by molar-refractivity contribution is 5.79. The minimum atomic E-state index is -1.56. The SMILES string of the molecule is CC1CCC(C(=O)NC(CO)c2cc(F)c(F)c(F)c2)CC1. The minimum absolute atomic E-state index is 0.0106. The van der Waals surface area contributed by atoms with E-state index in [0.717, 1.165) is 37.8 Å². The molecule has 0 saturated heterocycles. The molecule has 6 heteroatoms. The summed E-state index contributed by atoms with van der Waals surface area (Å²) >= 11 is 0. The highest BCUT2D eigenvalue weighted by Gasteiger charge is 2.27. The number of rotatable bonds is 4. The Morgan fingerprint density at radius 2 is 1.77 bits per heavy atom. The molecule has 1 atom stereocenters. The summed E-state index contributed by atoms with van der Waals surface area (Å²) in [6.07, 6.45) is 3.44. The van der Waals surface area contributed by atoms with Crippen LogP contribution in [0.5, 0.6) is 0 Å². The molecule has 0 aliphatic heterocycles. The first-order chi connectivity index (χ1) is 10.4. The molecule has 1 aromatic rings. The first-order valence-electron chi connectivity index (χ1n) is 7.48. The van der Waals surface area contributed by atoms with E-state index < -0.39 is 30.1 Å². The van der Waals surface area contributed by atoms with Crippen molar-refractivity contribution in [1.82, 2.24) is 5.32 Å². The van der Waals surface area contributed by atoms with Crippen molar-refractivity contribution in [3.63, 3.8) is 0 Å². The molecule has 1 amide bonds. The zero-order valence-corrected chi connectivity index (χ0v) is 12.4. The maximum Gasteiger partial charge on any atom is 0.223 e. The highest BCUT2D eigenvalue weighted by Crippen LogP contribution is 2.29. The number of hydrogen-bond donors (Lipinski definition) is 2. The van der Waals surface area contributed by atoms with Crippen LogP contribution < -0.4 is 5.32 Å². The maximum atomic E-state index is 13.3. The van der Waals surface area contributed by atoms with Gasteiger partial charge in [-0.25, -0.2) is 13.2 Å². The zero-order chi connectivity index (χ0) is 16.3. The van der Waals surface area contributed by atoms with Gasteiger partial charge in [-0.2, -0.15) is 0 Å². The highest BCUT2D eigenvalue weighted by atomic mass is 19.2. The van der Waals surface area contributed by atoms with Gasteiger partial charge in [0, 0.05) is 5.92 Å². The van der Waals surface area contributed by atoms with Crippen LogP contribution in [0.1, 0.15) is 44.2 Å². The third-order valence-corrected chi connectivity index (χ3v) is 4.29. The van der Waals surface area contributed by atoms with Crippen molar-refractivity contribution in [2.45, 2.75) is 38.6 Å². The quantitative estimate of drug-likeness (QED) is 0.839. The molecule has 0 radical (unpaired) electrons. The van der Waals surface area contributed by atoms with Crippen molar-refractivity contribution in [2.24, 2.45) is 11.8 Å². The molecule has 2 N–H and O–H groups in total. The summed E-state index contributed by atoms with van der Waals surface area (Å²) < 4.78 is 39.5. The van der Waals surface area contributed by atoms with Crippen molar-refractivity contribution in [3.05, 3.63) is 35.1 Å². The lowest BCUT2D eigenvalue weighted by atomic mass is 9.82. The van der Waals surface area contributed by atoms with E-state index in [-0.39, 0.29) is 17.4 Å². The van der Waals surface area contributed by atoms with Crippen molar-refractivity contribution < 1.29 is 23.1 Å². The zero-order valence-electron chi connectivity index (χ0n) is 12.4. The van der Waals surface area contributed by atoms with Crippen LogP contribution in [0.2, 0.25) is 0 Å². The van der Waals surface area contributed by atoms with Crippen LogP contribution in [0.25, 0.3) is 0 Å². The normalized spacial score (nSPS) is 23.1. The molecule has 0 spiro atoms. The van der Waals surface area contributed by atoms with Crippen LogP contribution in [0.4, 0.5) is 13.2 Å². The van der Waals surface area contributed by atoms with E-state index in [4.69, 9.17) is 0 Å². The van der Waals surface area contributed by atoms with Gasteiger partial charge in [0.2, 0.25) is 5.91 Å². The largest absolute Gasteiger partial charge is 0.394 e. The van der Waals surface area contributed by atoms with Crippen LogP contribution in [-0.2, 0) is 4.79 Å². The third kappa shape index (κ3) is 3.80. The van der Waals surface area contributed by atoms with Crippen LogP contribution in [0, 0.1) is 29.3 Å². The molecular formula is C16H20F3NO2. The van der Waals surface area contributed by atoms with Gasteiger partial charge in [-0.3, -0.25) is 4.79 Å². The Balaban J connectivity index is 2.07. The lowest BCUT2D eigenvalue weighted by molar-refractivity contribution is -0.127. The second-order valence-corrected chi connectivity index (χ2v) is 6.00. The Bertz CT molecular complexity index is 519. The Hall–Kier alpha value is -1.56. The summed E-state index contributed by atoms with van der Waals surface area (Å²) in [6, 6.07) is 0.641. The summed E-state index contributed by atoms with van der Waals surface area (Å²) in [5, 5.41) is 12.0. The molecule has 122 valence electrons. The first kappa shape index (κ1) is 16.8. The number of carbonyl (C=O) groups excluding carboxylic acids is 1. The summed E-state index contributed by atoms with van der Waals surface area (Å²) in [5.74, 6) is -4.04. The fourth-order valence-electron chi connectivity index (χ4n) is 2.82. The molecule has 0 aromatic heterocycles. The summed E-state index contributed by atoms with van der Waals surface area (Å²) in [7, 11) is 0. The van der Waals surface area contributed by atoms with E-state index in [1.54, 1.807) is 0 Å². The summed E-state index contributed by atoms with van der Waals surface area (Å²) in [4.78, 5) is 12.2. The Morgan fingerprint density at radius 1 is 1.23 bits per heavy atom. The van der Waals surface area contributed by atoms with Crippen LogP contribution in [-0.4, -0.2) is 17.6 Å². The minimum Gasteiger partial charge on any atom is -0.394 e. The van der Waals surface area contributed by atoms with Gasteiger partial charge in [-0.1, -0.05) is 6.92 Å². The summed E-state index contributed by atoms with van der Waals surface area (Å²) in [6.45, 7) is 1.62. The lowest BCUT2D eigenvalue weighted by Gasteiger charge is -2.27. The van der Waals surface area contributed by atoms with Gasteiger partial charge in [0.15, 0.2) is 17.5 Å². The van der Waals surface area contributed by atoms with E-state index >= 15 is 0 Å². The topological polar surface area (TPSA) is 49.3 Å². The van der Waals surface area contributed by atoms with Gasteiger partial charge in [0.25, 0.3) is 0 Å². The van der Waals surface area contributed by atoms with E-state index in [0.29, 0.717) is 5.92 Å². The maximum absolute atomic E-state index is 13.3. The van der Waals surface area contributed by atoms with E-state index in [9.17, 15) is 23.1 Å². The molecule has 0 heterocycles. The fraction of sp³-hybridized carbons (Fsp3) is 0.562. The van der Waals surface area contributed by atoms with Crippen molar-refractivity contribution in [2.75, 3.05) is 6.61 Å². The van der Waals surface area contributed by atoms with Gasteiger partial charge in [0.05, 0.1) is 12.6 Å². The average molecular weight is 315 g/mol. The molecule has 1 aliphatic carbocycles. The van der Waals surface area contributed by atoms with Gasteiger partial charge in [-0.05, 0) is 49.3 Å². The Kier molecular flexibility index (Phi) is 5.45. The number of nitrogens with one attached hydrogen (secondary N) is 1. The lowest BCUT2D eigenvalue weighted by Crippen LogP contribution is -2.37. The van der Waals surface area contributed by atoms with E-state index in [1.807, 2.05) is 0 Å². The molecular weight excluding hydrogens is 295 g/mol. The molecule has 1 saturated carbocycles. The molecule has 1 aliphatic rings. The Morgan fingerprint density at radius 3 is 2.27 bits per heavy atom. The predicted molar refractivity (Wildman–Crippen MR) is 75.4 cm³/mol. The fourth-order valence-corrected chi connectivity index (χ4v) is 2.82. The number of carbonyl (C=O) groups is 1. The number of halogens is 3. The van der Waals surface area contributed by atoms with Gasteiger partial charge in [-0.15, -0.1) is 0 Å². The van der Waals surface area contributed by atoms with Crippen LogP contribution in [0.15, 0.2) is 12.1 Å². The second kappa shape index (κ2) is 7.13. The van der Waals surface area contributed by atoms with Gasteiger partial charge >= 0.3 is 0 Å². The number of benzene rings is 1. The van der Waals surface area contributed by atoms with Crippen molar-refractivity contribution >= 4 is 5.91 Å². The van der Waals surface area contributed by atoms with Crippen LogP contribution in [0.3, 0.4) is 0 Å². The molecule has 1 unspecified atom stereocenters. The average Bonchev–Trinajstić information content (AvgIpc) is 2.50. The van der Waals surface area contributed by atoms with Crippen molar-refractivity contribution in [1.29, 1.82) is 0 Å². The molecule has 3 nitrogen and oxygen atoms in total. The molecule has 0 bridgehead atoms. The monoisotopic (exact) mass is 315 g/mol. The van der Waals surface area contributed by atoms with E-state index in [2.05, 4.69) is 12.2 Å². The number of amides is 1. The van der Waals surface area contributed by atoms with Crippen molar-refractivity contribution in [3.8, 4) is 0 Å². The predicted octanol–water partition coefficient (Wildman–Crippen LogP) is 3.08. The van der Waals surface area contributed by atoms with Gasteiger partial charge in [0.1, 0.15) is 0 Å². The summed E-state index contributed by atoms with van der Waals surface area (Å²) in [5.41, 5.74) is 0.0106. The second-order valence-electron chi connectivity index (χ2n) is 6.00. The molecule has 22 heavy (non-hydrogen) atoms. The van der Waals surface area contributed by atoms with Crippen LogP contribution >= 0.6 is 0 Å². The number of aliphatic hydroxyl groups is 1. The van der Waals surface area contributed by atoms with E-state index in [1.165, 1.54) is 0 Å². The smallest absolute Gasteiger partial charge is 0.223 e. The number of hydrogen-bond acceptors (Lipinski definition) is 2. The first-order valence-corrected chi connectivity index (χ1v) is 7.48. The molecule has 1 fully saturated rings. The molecule has 2 rings (SSSR count). The number of aliphatic hydroxyl groups excluding tert-OH is 1. The third-order valence-electron chi connectivity index (χ3n) is 4.29. The molecule has 1 aromatic carbocycles. The standard InChI is InChI=1S/C16H20F3NO2/c1-9-2-4-10(5-3-9)16(22)20-14(8-21)11-6-12(17)15(19)13(18)7-11/h6-7,9-10,14,21H,2-5,8H2,1H3,(H,20,22).